The van der Waals surface area contributed by atoms with Crippen LogP contribution in [0, 0.1) is 6.92 Å². The lowest BCUT2D eigenvalue weighted by atomic mass is 9.94. The van der Waals surface area contributed by atoms with Gasteiger partial charge >= 0.3 is 0 Å². The van der Waals surface area contributed by atoms with Crippen molar-refractivity contribution in [1.29, 1.82) is 0 Å². The molecule has 1 N–H and O–H groups in total. The van der Waals surface area contributed by atoms with E-state index in [2.05, 4.69) is 59.6 Å². The highest BCUT2D eigenvalue weighted by atomic mass is 16.5. The molecule has 0 spiro atoms. The minimum absolute atomic E-state index is 0.0973. The van der Waals surface area contributed by atoms with Crippen molar-refractivity contribution in [1.82, 2.24) is 15.5 Å². The van der Waals surface area contributed by atoms with Crippen LogP contribution in [-0.4, -0.2) is 10.1 Å². The molecule has 0 saturated heterocycles. The molecule has 0 unspecified atom stereocenters. The minimum Gasteiger partial charge on any atom is -0.336 e. The molecule has 0 atom stereocenters. The van der Waals surface area contributed by atoms with Crippen molar-refractivity contribution < 1.29 is 4.52 Å². The number of nitrogens with zero attached hydrogens (tertiary/aromatic N) is 2. The summed E-state index contributed by atoms with van der Waals surface area (Å²) in [5.74, 6) is 0. The van der Waals surface area contributed by atoms with Crippen molar-refractivity contribution in [2.45, 2.75) is 32.9 Å². The molecule has 2 heterocycles. The molecule has 0 radical (unpaired) electrons. The maximum Gasteiger partial charge on any atom is 0.257 e. The standard InChI is InChI=1S/C17H19N3O/c1-12-15-9-13(10-18-16(15)21-20-12)11-19-17(2,3)14-7-5-4-6-8-14/h4-10,19H,11H2,1-3H3. The molecule has 0 aliphatic heterocycles. The number of hydrogen-bond acceptors (Lipinski definition) is 4. The monoisotopic (exact) mass is 281 g/mol. The van der Waals surface area contributed by atoms with Crippen LogP contribution < -0.4 is 5.32 Å². The number of rotatable bonds is 4. The molecular weight excluding hydrogens is 262 g/mol. The van der Waals surface area contributed by atoms with Gasteiger partial charge in [-0.1, -0.05) is 35.5 Å². The maximum absolute atomic E-state index is 5.14. The summed E-state index contributed by atoms with van der Waals surface area (Å²) in [5, 5.41) is 8.49. The van der Waals surface area contributed by atoms with Crippen molar-refractivity contribution >= 4 is 11.1 Å². The van der Waals surface area contributed by atoms with Crippen molar-refractivity contribution in [3.63, 3.8) is 0 Å². The van der Waals surface area contributed by atoms with Gasteiger partial charge in [0.1, 0.15) is 0 Å². The first-order chi connectivity index (χ1) is 10.1. The molecule has 108 valence electrons. The van der Waals surface area contributed by atoms with Gasteiger partial charge in [0.25, 0.3) is 5.71 Å². The van der Waals surface area contributed by atoms with E-state index in [1.165, 1.54) is 5.56 Å². The Morgan fingerprint density at radius 3 is 2.71 bits per heavy atom. The van der Waals surface area contributed by atoms with Crippen LogP contribution in [0.4, 0.5) is 0 Å². The zero-order chi connectivity index (χ0) is 14.9. The van der Waals surface area contributed by atoms with Gasteiger partial charge in [-0.3, -0.25) is 0 Å². The van der Waals surface area contributed by atoms with Crippen molar-refractivity contribution in [3.8, 4) is 0 Å². The number of benzene rings is 1. The third kappa shape index (κ3) is 2.81. The van der Waals surface area contributed by atoms with Crippen LogP contribution in [0.15, 0.2) is 47.1 Å². The number of pyridine rings is 1. The molecule has 4 heteroatoms. The Balaban J connectivity index is 1.78. The highest BCUT2D eigenvalue weighted by molar-refractivity contribution is 5.75. The fourth-order valence-electron chi connectivity index (χ4n) is 2.36. The van der Waals surface area contributed by atoms with Crippen LogP contribution in [0.5, 0.6) is 0 Å². The van der Waals surface area contributed by atoms with E-state index in [0.717, 1.165) is 23.2 Å². The molecule has 21 heavy (non-hydrogen) atoms. The fourth-order valence-corrected chi connectivity index (χ4v) is 2.36. The Kier molecular flexibility index (Phi) is 3.47. The predicted octanol–water partition coefficient (Wildman–Crippen LogP) is 3.56. The lowest BCUT2D eigenvalue weighted by molar-refractivity contribution is 0.401. The molecule has 0 amide bonds. The topological polar surface area (TPSA) is 51.0 Å². The lowest BCUT2D eigenvalue weighted by Gasteiger charge is -2.27. The van der Waals surface area contributed by atoms with Crippen LogP contribution in [0.2, 0.25) is 0 Å². The Morgan fingerprint density at radius 2 is 1.95 bits per heavy atom. The van der Waals surface area contributed by atoms with E-state index in [1.54, 1.807) is 0 Å². The van der Waals surface area contributed by atoms with Gasteiger partial charge in [-0.15, -0.1) is 0 Å². The number of fused-ring (bicyclic) bond motifs is 1. The molecule has 0 bridgehead atoms. The Labute approximate surface area is 124 Å². The largest absolute Gasteiger partial charge is 0.336 e. The van der Waals surface area contributed by atoms with Crippen LogP contribution in [0.25, 0.3) is 11.1 Å². The average Bonchev–Trinajstić information content (AvgIpc) is 2.87. The Morgan fingerprint density at radius 1 is 1.19 bits per heavy atom. The third-order valence-corrected chi connectivity index (χ3v) is 3.80. The average molecular weight is 281 g/mol. The first-order valence-electron chi connectivity index (χ1n) is 7.08. The second-order valence-corrected chi connectivity index (χ2v) is 5.81. The number of hydrogen-bond donors (Lipinski definition) is 1. The molecule has 0 aliphatic carbocycles. The van der Waals surface area contributed by atoms with Gasteiger partial charge in [-0.05, 0) is 38.0 Å². The van der Waals surface area contributed by atoms with Crippen LogP contribution in [0.3, 0.4) is 0 Å². The smallest absolute Gasteiger partial charge is 0.257 e. The van der Waals surface area contributed by atoms with Gasteiger partial charge in [0.15, 0.2) is 0 Å². The Bertz CT molecular complexity index is 747. The molecule has 4 nitrogen and oxygen atoms in total. The van der Waals surface area contributed by atoms with E-state index in [9.17, 15) is 0 Å². The number of aromatic nitrogens is 2. The molecule has 0 aliphatic rings. The number of aryl methyl sites for hydroxylation is 1. The summed E-state index contributed by atoms with van der Waals surface area (Å²) in [7, 11) is 0. The minimum atomic E-state index is -0.0973. The lowest BCUT2D eigenvalue weighted by Crippen LogP contribution is -2.35. The fraction of sp³-hybridized carbons (Fsp3) is 0.294. The highest BCUT2D eigenvalue weighted by Crippen LogP contribution is 2.21. The summed E-state index contributed by atoms with van der Waals surface area (Å²) in [6.45, 7) is 7.03. The van der Waals surface area contributed by atoms with E-state index >= 15 is 0 Å². The third-order valence-electron chi connectivity index (χ3n) is 3.80. The SMILES string of the molecule is Cc1noc2ncc(CNC(C)(C)c3ccccc3)cc12. The Hall–Kier alpha value is -2.20. The van der Waals surface area contributed by atoms with E-state index in [1.807, 2.05) is 19.2 Å². The van der Waals surface area contributed by atoms with Crippen LogP contribution in [-0.2, 0) is 12.1 Å². The van der Waals surface area contributed by atoms with Crippen LogP contribution >= 0.6 is 0 Å². The van der Waals surface area contributed by atoms with Crippen molar-refractivity contribution in [2.24, 2.45) is 0 Å². The van der Waals surface area contributed by atoms with E-state index in [-0.39, 0.29) is 5.54 Å². The predicted molar refractivity (Wildman–Crippen MR) is 82.8 cm³/mol. The first-order valence-corrected chi connectivity index (χ1v) is 7.08. The summed E-state index contributed by atoms with van der Waals surface area (Å²) < 4.78 is 5.14. The van der Waals surface area contributed by atoms with Gasteiger partial charge in [0.2, 0.25) is 0 Å². The van der Waals surface area contributed by atoms with Gasteiger partial charge in [-0.25, -0.2) is 4.98 Å². The van der Waals surface area contributed by atoms with Gasteiger partial charge < -0.3 is 9.84 Å². The second kappa shape index (κ2) is 5.30. The maximum atomic E-state index is 5.14. The normalized spacial score (nSPS) is 12.0. The molecule has 3 aromatic rings. The molecule has 0 fully saturated rings. The van der Waals surface area contributed by atoms with Gasteiger partial charge in [0.05, 0.1) is 11.1 Å². The summed E-state index contributed by atoms with van der Waals surface area (Å²) in [6.07, 6.45) is 1.83. The zero-order valence-corrected chi connectivity index (χ0v) is 12.6. The second-order valence-electron chi connectivity index (χ2n) is 5.81. The quantitative estimate of drug-likeness (QED) is 0.794. The molecule has 0 saturated carbocycles. The molecular formula is C17H19N3O. The highest BCUT2D eigenvalue weighted by Gasteiger charge is 2.19. The van der Waals surface area contributed by atoms with Gasteiger partial charge in [-0.2, -0.15) is 0 Å². The first kappa shape index (κ1) is 13.8. The molecule has 1 aromatic carbocycles. The molecule has 3 rings (SSSR count). The summed E-state index contributed by atoms with van der Waals surface area (Å²) in [4.78, 5) is 4.31. The summed E-state index contributed by atoms with van der Waals surface area (Å²) in [6, 6.07) is 12.5. The van der Waals surface area contributed by atoms with E-state index in [0.29, 0.717) is 5.71 Å². The van der Waals surface area contributed by atoms with E-state index in [4.69, 9.17) is 4.52 Å². The number of nitrogens with one attached hydrogen (secondary N) is 1. The summed E-state index contributed by atoms with van der Waals surface area (Å²) >= 11 is 0. The van der Waals surface area contributed by atoms with Crippen molar-refractivity contribution in [3.05, 3.63) is 59.4 Å². The van der Waals surface area contributed by atoms with E-state index < -0.39 is 0 Å². The summed E-state index contributed by atoms with van der Waals surface area (Å²) in [5.41, 5.74) is 3.76. The molecule has 2 aromatic heterocycles. The van der Waals surface area contributed by atoms with Crippen LogP contribution in [0.1, 0.15) is 30.7 Å². The van der Waals surface area contributed by atoms with Crippen molar-refractivity contribution in [2.75, 3.05) is 0 Å². The zero-order valence-electron chi connectivity index (χ0n) is 12.6. The van der Waals surface area contributed by atoms with Gasteiger partial charge in [0, 0.05) is 18.3 Å².